The summed E-state index contributed by atoms with van der Waals surface area (Å²) in [4.78, 5) is 18.8. The molecule has 2 unspecified atom stereocenters. The molecule has 1 amide bonds. The van der Waals surface area contributed by atoms with Gasteiger partial charge in [-0.2, -0.15) is 0 Å². The van der Waals surface area contributed by atoms with Crippen molar-refractivity contribution in [2.45, 2.75) is 25.0 Å². The van der Waals surface area contributed by atoms with Crippen LogP contribution in [0.1, 0.15) is 23.2 Å². The molecule has 0 radical (unpaired) electrons. The van der Waals surface area contributed by atoms with E-state index in [1.807, 2.05) is 0 Å². The average Bonchev–Trinajstić information content (AvgIpc) is 3.29. The molecule has 2 N–H and O–H groups in total. The van der Waals surface area contributed by atoms with Crippen LogP contribution in [-0.2, 0) is 9.47 Å². The molecular formula is C20H30N4O4. The number of ether oxygens (including phenoxy) is 3. The number of hydrogen-bond acceptors (Lipinski definition) is 5. The van der Waals surface area contributed by atoms with Crippen molar-refractivity contribution in [3.63, 3.8) is 0 Å². The average molecular weight is 390 g/mol. The second-order valence-electron chi connectivity index (χ2n) is 6.87. The van der Waals surface area contributed by atoms with Crippen molar-refractivity contribution in [2.24, 2.45) is 4.99 Å². The molecule has 8 heteroatoms. The van der Waals surface area contributed by atoms with Crippen LogP contribution in [0.3, 0.4) is 0 Å². The molecule has 2 atom stereocenters. The molecule has 8 nitrogen and oxygen atoms in total. The number of amides is 1. The molecule has 154 valence electrons. The van der Waals surface area contributed by atoms with E-state index in [0.717, 1.165) is 44.2 Å². The maximum Gasteiger partial charge on any atom is 0.251 e. The molecular weight excluding hydrogens is 360 g/mol. The minimum Gasteiger partial charge on any atom is -0.497 e. The predicted molar refractivity (Wildman–Crippen MR) is 107 cm³/mol. The summed E-state index contributed by atoms with van der Waals surface area (Å²) < 4.78 is 16.8. The van der Waals surface area contributed by atoms with Gasteiger partial charge >= 0.3 is 0 Å². The fourth-order valence-corrected chi connectivity index (χ4v) is 3.52. The molecule has 0 aromatic heterocycles. The zero-order valence-corrected chi connectivity index (χ0v) is 16.6. The highest BCUT2D eigenvalue weighted by Crippen LogP contribution is 2.21. The summed E-state index contributed by atoms with van der Waals surface area (Å²) in [5, 5.41) is 6.23. The lowest BCUT2D eigenvalue weighted by Crippen LogP contribution is -2.54. The quantitative estimate of drug-likeness (QED) is 0.426. The van der Waals surface area contributed by atoms with Crippen molar-refractivity contribution in [3.8, 4) is 5.75 Å². The van der Waals surface area contributed by atoms with Crippen LogP contribution in [0.2, 0.25) is 0 Å². The van der Waals surface area contributed by atoms with E-state index in [0.29, 0.717) is 25.3 Å². The van der Waals surface area contributed by atoms with E-state index in [-0.39, 0.29) is 18.1 Å². The Morgan fingerprint density at radius 1 is 1.18 bits per heavy atom. The number of rotatable bonds is 6. The minimum absolute atomic E-state index is 0.0876. The van der Waals surface area contributed by atoms with Gasteiger partial charge in [0.05, 0.1) is 19.8 Å². The molecule has 1 aromatic carbocycles. The van der Waals surface area contributed by atoms with E-state index < -0.39 is 0 Å². The van der Waals surface area contributed by atoms with Crippen molar-refractivity contribution >= 4 is 11.9 Å². The monoisotopic (exact) mass is 390 g/mol. The van der Waals surface area contributed by atoms with Crippen LogP contribution in [0.4, 0.5) is 0 Å². The van der Waals surface area contributed by atoms with E-state index in [1.54, 1.807) is 38.4 Å². The number of carbonyl (C=O) groups excluding carboxylic acids is 1. The zero-order chi connectivity index (χ0) is 19.8. The summed E-state index contributed by atoms with van der Waals surface area (Å²) in [6.45, 7) is 4.15. The van der Waals surface area contributed by atoms with Gasteiger partial charge < -0.3 is 29.7 Å². The molecule has 0 bridgehead atoms. The van der Waals surface area contributed by atoms with Gasteiger partial charge in [0.25, 0.3) is 5.91 Å². The summed E-state index contributed by atoms with van der Waals surface area (Å²) in [5.41, 5.74) is 0.609. The van der Waals surface area contributed by atoms with Crippen molar-refractivity contribution in [2.75, 3.05) is 53.6 Å². The number of nitrogens with zero attached hydrogens (tertiary/aromatic N) is 2. The van der Waals surface area contributed by atoms with Crippen molar-refractivity contribution in [1.29, 1.82) is 0 Å². The lowest BCUT2D eigenvalue weighted by molar-refractivity contribution is -0.0816. The number of methoxy groups -OCH3 is 1. The van der Waals surface area contributed by atoms with Gasteiger partial charge in [-0.1, -0.05) is 0 Å². The fraction of sp³-hybridized carbons (Fsp3) is 0.600. The largest absolute Gasteiger partial charge is 0.497 e. The second kappa shape index (κ2) is 10.3. The molecule has 0 saturated carbocycles. The van der Waals surface area contributed by atoms with Gasteiger partial charge in [-0.3, -0.25) is 9.79 Å². The van der Waals surface area contributed by atoms with Crippen molar-refractivity contribution in [3.05, 3.63) is 29.8 Å². The van der Waals surface area contributed by atoms with Gasteiger partial charge in [-0.05, 0) is 37.1 Å². The normalized spacial score (nSPS) is 22.8. The first-order valence-corrected chi connectivity index (χ1v) is 9.82. The van der Waals surface area contributed by atoms with E-state index in [9.17, 15) is 4.79 Å². The number of benzene rings is 1. The van der Waals surface area contributed by atoms with E-state index >= 15 is 0 Å². The highest BCUT2D eigenvalue weighted by Gasteiger charge is 2.32. The number of hydrogen-bond donors (Lipinski definition) is 2. The number of morpholine rings is 1. The summed E-state index contributed by atoms with van der Waals surface area (Å²) in [6, 6.07) is 7.05. The third-order valence-corrected chi connectivity index (χ3v) is 5.03. The first kappa shape index (κ1) is 20.4. The van der Waals surface area contributed by atoms with Crippen molar-refractivity contribution < 1.29 is 19.0 Å². The Labute approximate surface area is 166 Å². The van der Waals surface area contributed by atoms with Gasteiger partial charge in [0.15, 0.2) is 5.96 Å². The maximum absolute atomic E-state index is 12.2. The highest BCUT2D eigenvalue weighted by atomic mass is 16.5. The molecule has 2 aliphatic rings. The van der Waals surface area contributed by atoms with Crippen LogP contribution in [-0.4, -0.2) is 82.5 Å². The zero-order valence-electron chi connectivity index (χ0n) is 16.6. The third kappa shape index (κ3) is 5.36. The van der Waals surface area contributed by atoms with E-state index in [2.05, 4.69) is 20.5 Å². The van der Waals surface area contributed by atoms with Crippen LogP contribution < -0.4 is 15.4 Å². The van der Waals surface area contributed by atoms with Gasteiger partial charge in [-0.25, -0.2) is 0 Å². The molecule has 1 aromatic rings. The Bertz CT molecular complexity index is 659. The Kier molecular flexibility index (Phi) is 7.50. The van der Waals surface area contributed by atoms with Crippen LogP contribution in [0.25, 0.3) is 0 Å². The molecule has 0 aliphatic carbocycles. The first-order chi connectivity index (χ1) is 13.7. The molecule has 2 heterocycles. The fourth-order valence-electron chi connectivity index (χ4n) is 3.52. The van der Waals surface area contributed by atoms with Crippen molar-refractivity contribution in [1.82, 2.24) is 15.5 Å². The molecule has 3 rings (SSSR count). The van der Waals surface area contributed by atoms with Crippen LogP contribution >= 0.6 is 0 Å². The van der Waals surface area contributed by atoms with E-state index in [4.69, 9.17) is 14.2 Å². The summed E-state index contributed by atoms with van der Waals surface area (Å²) in [6.07, 6.45) is 2.43. The van der Waals surface area contributed by atoms with Gasteiger partial charge in [-0.15, -0.1) is 0 Å². The first-order valence-electron chi connectivity index (χ1n) is 9.82. The van der Waals surface area contributed by atoms with Gasteiger partial charge in [0.2, 0.25) is 0 Å². The Balaban J connectivity index is 1.41. The Morgan fingerprint density at radius 3 is 2.61 bits per heavy atom. The number of carbonyl (C=O) groups is 1. The lowest BCUT2D eigenvalue weighted by atomic mass is 10.1. The standard InChI is InChI=1S/C20H30N4O4/c1-21-20(24-11-13-28-18(14-24)17-4-3-12-27-17)23-10-9-22-19(25)15-5-7-16(26-2)8-6-15/h5-8,17-18H,3-4,9-14H2,1-2H3,(H,21,23)(H,22,25). The molecule has 28 heavy (non-hydrogen) atoms. The smallest absolute Gasteiger partial charge is 0.251 e. The Hall–Kier alpha value is -2.32. The van der Waals surface area contributed by atoms with Gasteiger partial charge in [0, 0.05) is 45.4 Å². The lowest BCUT2D eigenvalue weighted by Gasteiger charge is -2.37. The molecule has 2 fully saturated rings. The molecule has 2 saturated heterocycles. The summed E-state index contributed by atoms with van der Waals surface area (Å²) >= 11 is 0. The predicted octanol–water partition coefficient (Wildman–Crippen LogP) is 0.880. The second-order valence-corrected chi connectivity index (χ2v) is 6.87. The number of aliphatic imine (C=N–C) groups is 1. The van der Waals surface area contributed by atoms with Crippen LogP contribution in [0.15, 0.2) is 29.3 Å². The van der Waals surface area contributed by atoms with Gasteiger partial charge in [0.1, 0.15) is 11.9 Å². The highest BCUT2D eigenvalue weighted by molar-refractivity contribution is 5.94. The molecule has 2 aliphatic heterocycles. The topological polar surface area (TPSA) is 84.4 Å². The number of nitrogens with one attached hydrogen (secondary N) is 2. The third-order valence-electron chi connectivity index (χ3n) is 5.03. The van der Waals surface area contributed by atoms with E-state index in [1.165, 1.54) is 0 Å². The van der Waals surface area contributed by atoms with Crippen LogP contribution in [0.5, 0.6) is 5.75 Å². The molecule has 0 spiro atoms. The number of guanidine groups is 1. The maximum atomic E-state index is 12.2. The minimum atomic E-state index is -0.107. The summed E-state index contributed by atoms with van der Waals surface area (Å²) in [7, 11) is 3.37. The summed E-state index contributed by atoms with van der Waals surface area (Å²) in [5.74, 6) is 1.45. The Morgan fingerprint density at radius 2 is 1.93 bits per heavy atom. The van der Waals surface area contributed by atoms with Crippen LogP contribution in [0, 0.1) is 0 Å². The SMILES string of the molecule is CN=C(NCCNC(=O)c1ccc(OC)cc1)N1CCOC(C2CCCO2)C1.